The summed E-state index contributed by atoms with van der Waals surface area (Å²) in [5.41, 5.74) is 0.00961. The molecule has 0 radical (unpaired) electrons. The first-order valence-corrected chi connectivity index (χ1v) is 8.30. The Bertz CT molecular complexity index is 581. The highest BCUT2D eigenvalue weighted by atomic mass is 32.2. The van der Waals surface area contributed by atoms with E-state index >= 15 is 0 Å². The van der Waals surface area contributed by atoms with Crippen molar-refractivity contribution in [2.75, 3.05) is 26.0 Å². The van der Waals surface area contributed by atoms with E-state index in [4.69, 9.17) is 4.74 Å². The van der Waals surface area contributed by atoms with Crippen molar-refractivity contribution < 1.29 is 18.1 Å². The van der Waals surface area contributed by atoms with Crippen molar-refractivity contribution in [1.29, 1.82) is 0 Å². The molecular formula is C13H20N2O5S. The molecule has 0 aliphatic rings. The van der Waals surface area contributed by atoms with Gasteiger partial charge in [-0.15, -0.1) is 0 Å². The topological polar surface area (TPSA) is 98.5 Å². The fourth-order valence-electron chi connectivity index (χ4n) is 1.43. The zero-order chi connectivity index (χ0) is 16.1. The van der Waals surface area contributed by atoms with Crippen LogP contribution in [0.25, 0.3) is 0 Å². The van der Waals surface area contributed by atoms with E-state index in [1.807, 2.05) is 0 Å². The lowest BCUT2D eigenvalue weighted by Crippen LogP contribution is -2.42. The molecule has 0 fully saturated rings. The molecule has 0 amide bonds. The number of ether oxygens (including phenoxy) is 1. The summed E-state index contributed by atoms with van der Waals surface area (Å²) < 4.78 is 27.6. The van der Waals surface area contributed by atoms with Crippen LogP contribution in [-0.4, -0.2) is 44.0 Å². The van der Waals surface area contributed by atoms with Gasteiger partial charge in [0.15, 0.2) is 9.84 Å². The molecule has 0 aliphatic carbocycles. The van der Waals surface area contributed by atoms with Crippen LogP contribution in [0, 0.1) is 10.1 Å². The molecule has 0 bridgehead atoms. The van der Waals surface area contributed by atoms with Gasteiger partial charge in [0.2, 0.25) is 0 Å². The zero-order valence-electron chi connectivity index (χ0n) is 12.3. The van der Waals surface area contributed by atoms with Crippen molar-refractivity contribution in [3.63, 3.8) is 0 Å². The van der Waals surface area contributed by atoms with Crippen LogP contribution in [0.5, 0.6) is 5.75 Å². The summed E-state index contributed by atoms with van der Waals surface area (Å²) in [6.07, 6.45) is 1.21. The highest BCUT2D eigenvalue weighted by molar-refractivity contribution is 7.92. The van der Waals surface area contributed by atoms with Gasteiger partial charge in [-0.3, -0.25) is 10.1 Å². The number of nitro benzene ring substituents is 1. The van der Waals surface area contributed by atoms with Crippen LogP contribution < -0.4 is 10.1 Å². The van der Waals surface area contributed by atoms with Gasteiger partial charge in [0.1, 0.15) is 12.4 Å². The number of sulfone groups is 1. The minimum atomic E-state index is -3.12. The number of hydrogen-bond donors (Lipinski definition) is 1. The smallest absolute Gasteiger partial charge is 0.269 e. The van der Waals surface area contributed by atoms with Crippen molar-refractivity contribution in [3.8, 4) is 5.75 Å². The molecule has 118 valence electrons. The van der Waals surface area contributed by atoms with Crippen LogP contribution in [0.2, 0.25) is 0 Å². The quantitative estimate of drug-likeness (QED) is 0.442. The third-order valence-electron chi connectivity index (χ3n) is 3.15. The van der Waals surface area contributed by atoms with Gasteiger partial charge in [-0.2, -0.15) is 0 Å². The van der Waals surface area contributed by atoms with Gasteiger partial charge in [-0.05, 0) is 26.0 Å². The van der Waals surface area contributed by atoms with Crippen LogP contribution in [0.15, 0.2) is 24.3 Å². The molecular weight excluding hydrogens is 296 g/mol. The molecule has 0 aliphatic heterocycles. The van der Waals surface area contributed by atoms with E-state index in [9.17, 15) is 18.5 Å². The molecule has 21 heavy (non-hydrogen) atoms. The summed E-state index contributed by atoms with van der Waals surface area (Å²) >= 11 is 0. The number of benzene rings is 1. The van der Waals surface area contributed by atoms with Crippen LogP contribution in [0.1, 0.15) is 13.8 Å². The summed E-state index contributed by atoms with van der Waals surface area (Å²) in [6, 6.07) is 5.79. The van der Waals surface area contributed by atoms with Gasteiger partial charge in [0, 0.05) is 31.5 Å². The van der Waals surface area contributed by atoms with E-state index in [0.29, 0.717) is 25.4 Å². The maximum absolute atomic E-state index is 11.5. The minimum absolute atomic E-state index is 0.00961. The maximum Gasteiger partial charge on any atom is 0.269 e. The third-order valence-corrected chi connectivity index (χ3v) is 5.30. The van der Waals surface area contributed by atoms with Gasteiger partial charge >= 0.3 is 0 Å². The molecule has 8 heteroatoms. The summed E-state index contributed by atoms with van der Waals surface area (Å²) in [5.74, 6) is 0.532. The van der Waals surface area contributed by atoms with Crippen LogP contribution in [-0.2, 0) is 9.84 Å². The van der Waals surface area contributed by atoms with Crippen molar-refractivity contribution in [2.24, 2.45) is 0 Å². The second kappa shape index (κ2) is 6.86. The maximum atomic E-state index is 11.5. The minimum Gasteiger partial charge on any atom is -0.492 e. The number of nitrogens with zero attached hydrogens (tertiary/aromatic N) is 1. The average molecular weight is 316 g/mol. The second-order valence-electron chi connectivity index (χ2n) is 5.31. The van der Waals surface area contributed by atoms with E-state index < -0.39 is 19.5 Å². The normalized spacial score (nSPS) is 12.1. The molecule has 0 saturated carbocycles. The lowest BCUT2D eigenvalue weighted by Gasteiger charge is -2.22. The fourth-order valence-corrected chi connectivity index (χ4v) is 1.79. The fraction of sp³-hybridized carbons (Fsp3) is 0.538. The Morgan fingerprint density at radius 2 is 1.86 bits per heavy atom. The zero-order valence-corrected chi connectivity index (χ0v) is 13.1. The molecule has 0 unspecified atom stereocenters. The Kier molecular flexibility index (Phi) is 5.68. The highest BCUT2D eigenvalue weighted by Gasteiger charge is 2.29. The molecule has 0 atom stereocenters. The number of nitro groups is 1. The molecule has 1 aromatic rings. The molecule has 1 N–H and O–H groups in total. The Morgan fingerprint density at radius 1 is 1.29 bits per heavy atom. The standard InChI is InChI=1S/C13H20N2O5S/c1-13(2,21(3,18)19)10-14-8-9-20-12-6-4-11(5-7-12)15(16)17/h4-7,14H,8-10H2,1-3H3. The molecule has 7 nitrogen and oxygen atoms in total. The van der Waals surface area contributed by atoms with Gasteiger partial charge in [0.05, 0.1) is 9.67 Å². The van der Waals surface area contributed by atoms with Gasteiger partial charge in [-0.25, -0.2) is 8.42 Å². The van der Waals surface area contributed by atoms with E-state index in [1.165, 1.54) is 30.5 Å². The first kappa shape index (κ1) is 17.4. The van der Waals surface area contributed by atoms with Crippen LogP contribution >= 0.6 is 0 Å². The van der Waals surface area contributed by atoms with Gasteiger partial charge in [0.25, 0.3) is 5.69 Å². The van der Waals surface area contributed by atoms with E-state index in [0.717, 1.165) is 0 Å². The monoisotopic (exact) mass is 316 g/mol. The lowest BCUT2D eigenvalue weighted by molar-refractivity contribution is -0.384. The van der Waals surface area contributed by atoms with E-state index in [-0.39, 0.29) is 5.69 Å². The molecule has 1 rings (SSSR count). The lowest BCUT2D eigenvalue weighted by atomic mass is 10.2. The number of hydrogen-bond acceptors (Lipinski definition) is 6. The number of non-ortho nitro benzene ring substituents is 1. The Hall–Kier alpha value is -1.67. The Morgan fingerprint density at radius 3 is 2.33 bits per heavy atom. The molecule has 0 spiro atoms. The molecule has 1 aromatic carbocycles. The van der Waals surface area contributed by atoms with Crippen molar-refractivity contribution in [2.45, 2.75) is 18.6 Å². The van der Waals surface area contributed by atoms with Crippen molar-refractivity contribution >= 4 is 15.5 Å². The van der Waals surface area contributed by atoms with Crippen LogP contribution in [0.3, 0.4) is 0 Å². The predicted molar refractivity (Wildman–Crippen MR) is 80.4 cm³/mol. The second-order valence-corrected chi connectivity index (χ2v) is 7.96. The van der Waals surface area contributed by atoms with Crippen molar-refractivity contribution in [1.82, 2.24) is 5.32 Å². The summed E-state index contributed by atoms with van der Waals surface area (Å²) in [7, 11) is -3.12. The summed E-state index contributed by atoms with van der Waals surface area (Å²) in [6.45, 7) is 4.47. The van der Waals surface area contributed by atoms with E-state index in [1.54, 1.807) is 13.8 Å². The Labute approximate surface area is 124 Å². The first-order chi connectivity index (χ1) is 9.63. The van der Waals surface area contributed by atoms with Crippen LogP contribution in [0.4, 0.5) is 5.69 Å². The average Bonchev–Trinajstić information content (AvgIpc) is 2.37. The number of rotatable bonds is 8. The highest BCUT2D eigenvalue weighted by Crippen LogP contribution is 2.17. The molecule has 0 heterocycles. The summed E-state index contributed by atoms with van der Waals surface area (Å²) in [5, 5.41) is 13.5. The third kappa shape index (κ3) is 5.31. The van der Waals surface area contributed by atoms with Crippen molar-refractivity contribution in [3.05, 3.63) is 34.4 Å². The first-order valence-electron chi connectivity index (χ1n) is 6.41. The van der Waals surface area contributed by atoms with E-state index in [2.05, 4.69) is 5.32 Å². The SMILES string of the molecule is CC(C)(CNCCOc1ccc([N+](=O)[O-])cc1)S(C)(=O)=O. The van der Waals surface area contributed by atoms with Gasteiger partial charge < -0.3 is 10.1 Å². The summed E-state index contributed by atoms with van der Waals surface area (Å²) in [4.78, 5) is 10.0. The molecule has 0 saturated heterocycles. The predicted octanol–water partition coefficient (Wildman–Crippen LogP) is 1.39. The van der Waals surface area contributed by atoms with Gasteiger partial charge in [-0.1, -0.05) is 0 Å². The Balaban J connectivity index is 2.33. The number of nitrogens with one attached hydrogen (secondary N) is 1. The molecule has 0 aromatic heterocycles. The largest absolute Gasteiger partial charge is 0.492 e.